The molecule has 0 aliphatic heterocycles. The van der Waals surface area contributed by atoms with Crippen molar-refractivity contribution in [2.24, 2.45) is 0 Å². The van der Waals surface area contributed by atoms with Crippen LogP contribution in [0.25, 0.3) is 54.2 Å². The summed E-state index contributed by atoms with van der Waals surface area (Å²) in [4.78, 5) is 9.53. The average Bonchev–Trinajstić information content (AvgIpc) is 3.58. The highest BCUT2D eigenvalue weighted by Crippen LogP contribution is 2.46. The molecule has 0 fully saturated rings. The maximum absolute atomic E-state index is 2.40. The highest BCUT2D eigenvalue weighted by atomic mass is 15.2. The van der Waals surface area contributed by atoms with Crippen LogP contribution in [0.4, 0.5) is 68.2 Å². The van der Waals surface area contributed by atoms with Crippen molar-refractivity contribution in [3.05, 3.63) is 327 Å². The van der Waals surface area contributed by atoms with Crippen molar-refractivity contribution in [2.75, 3.05) is 19.6 Å². The molecule has 0 aromatic heterocycles. The first-order chi connectivity index (χ1) is 40.5. The molecule has 390 valence electrons. The van der Waals surface area contributed by atoms with E-state index in [1.807, 2.05) is 0 Å². The Morgan fingerprint density at radius 1 is 0.171 bits per heavy atom. The maximum atomic E-state index is 2.40. The van der Waals surface area contributed by atoms with E-state index >= 15 is 0 Å². The van der Waals surface area contributed by atoms with Crippen LogP contribution >= 0.6 is 0 Å². The van der Waals surface area contributed by atoms with Crippen LogP contribution in [-0.4, -0.2) is 0 Å². The van der Waals surface area contributed by atoms with Crippen molar-refractivity contribution < 1.29 is 0 Å². The van der Waals surface area contributed by atoms with Gasteiger partial charge < -0.3 is 19.6 Å². The van der Waals surface area contributed by atoms with Crippen molar-refractivity contribution in [2.45, 2.75) is 13.8 Å². The summed E-state index contributed by atoms with van der Waals surface area (Å²) >= 11 is 0. The topological polar surface area (TPSA) is 13.0 Å². The molecule has 0 saturated heterocycles. The van der Waals surface area contributed by atoms with Crippen LogP contribution in [0.5, 0.6) is 0 Å². The molecule has 0 aliphatic carbocycles. The van der Waals surface area contributed by atoms with E-state index < -0.39 is 0 Å². The number of fused-ring (bicyclic) bond motifs is 4. The smallest absolute Gasteiger partial charge is 0.0540 e. The van der Waals surface area contributed by atoms with Crippen LogP contribution in [0.2, 0.25) is 0 Å². The van der Waals surface area contributed by atoms with Gasteiger partial charge in [0.2, 0.25) is 0 Å². The zero-order chi connectivity index (χ0) is 54.9. The lowest BCUT2D eigenvalue weighted by atomic mass is 10.0. The molecule has 14 aromatic carbocycles. The van der Waals surface area contributed by atoms with E-state index in [4.69, 9.17) is 0 Å². The molecule has 0 aliphatic rings. The number of rotatable bonds is 13. The Bertz CT molecular complexity index is 4270. The van der Waals surface area contributed by atoms with Crippen LogP contribution in [0.1, 0.15) is 11.1 Å². The van der Waals surface area contributed by atoms with Gasteiger partial charge in [0.25, 0.3) is 0 Å². The van der Waals surface area contributed by atoms with Crippen LogP contribution < -0.4 is 19.6 Å². The summed E-state index contributed by atoms with van der Waals surface area (Å²) in [5.74, 6) is 0. The lowest BCUT2D eigenvalue weighted by molar-refractivity contribution is 1.26. The molecular formula is C78H58N4. The molecule has 0 saturated carbocycles. The summed E-state index contributed by atoms with van der Waals surface area (Å²) in [6.07, 6.45) is 0. The molecule has 0 bridgehead atoms. The van der Waals surface area contributed by atoms with Crippen LogP contribution in [0.15, 0.2) is 315 Å². The second-order valence-corrected chi connectivity index (χ2v) is 21.0. The predicted molar refractivity (Wildman–Crippen MR) is 350 cm³/mol. The highest BCUT2D eigenvalue weighted by molar-refractivity contribution is 6.04. The Kier molecular flexibility index (Phi) is 13.0. The Morgan fingerprint density at radius 3 is 0.756 bits per heavy atom. The first-order valence-corrected chi connectivity index (χ1v) is 28.2. The average molecular weight is 1050 g/mol. The van der Waals surface area contributed by atoms with Gasteiger partial charge in [0.15, 0.2) is 0 Å². The van der Waals surface area contributed by atoms with Crippen molar-refractivity contribution in [3.8, 4) is 11.1 Å². The number of aryl methyl sites for hydroxylation is 2. The van der Waals surface area contributed by atoms with Crippen molar-refractivity contribution in [1.82, 2.24) is 0 Å². The van der Waals surface area contributed by atoms with Gasteiger partial charge >= 0.3 is 0 Å². The Balaban J connectivity index is 0.827. The highest BCUT2D eigenvalue weighted by Gasteiger charge is 2.22. The van der Waals surface area contributed by atoms with Gasteiger partial charge in [-0.25, -0.2) is 0 Å². The second kappa shape index (κ2) is 21.5. The second-order valence-electron chi connectivity index (χ2n) is 21.0. The van der Waals surface area contributed by atoms with E-state index in [2.05, 4.69) is 349 Å². The molecule has 0 spiro atoms. The van der Waals surface area contributed by atoms with E-state index in [-0.39, 0.29) is 0 Å². The molecular weight excluding hydrogens is 993 g/mol. The van der Waals surface area contributed by atoms with Crippen molar-refractivity contribution >= 4 is 111 Å². The molecule has 4 nitrogen and oxygen atoms in total. The van der Waals surface area contributed by atoms with Gasteiger partial charge in [-0.05, 0) is 179 Å². The Morgan fingerprint density at radius 2 is 0.415 bits per heavy atom. The minimum absolute atomic E-state index is 1.07. The maximum Gasteiger partial charge on any atom is 0.0540 e. The molecule has 0 atom stereocenters. The van der Waals surface area contributed by atoms with Gasteiger partial charge in [-0.2, -0.15) is 0 Å². The number of benzene rings is 14. The van der Waals surface area contributed by atoms with E-state index in [0.29, 0.717) is 0 Å². The number of para-hydroxylation sites is 2. The third-order valence-electron chi connectivity index (χ3n) is 16.1. The minimum atomic E-state index is 1.07. The van der Waals surface area contributed by atoms with Crippen LogP contribution in [0, 0.1) is 13.8 Å². The summed E-state index contributed by atoms with van der Waals surface area (Å²) < 4.78 is 0. The number of anilines is 12. The zero-order valence-electron chi connectivity index (χ0n) is 45.8. The number of nitrogens with zero attached hydrogens (tertiary/aromatic N) is 4. The summed E-state index contributed by atoms with van der Waals surface area (Å²) in [6.45, 7) is 4.39. The molecule has 4 heteroatoms. The molecule has 0 unspecified atom stereocenters. The van der Waals surface area contributed by atoms with Gasteiger partial charge in [0, 0.05) is 67.0 Å². The van der Waals surface area contributed by atoms with Crippen molar-refractivity contribution in [1.29, 1.82) is 0 Å². The number of hydrogen-bond acceptors (Lipinski definition) is 4. The normalized spacial score (nSPS) is 11.3. The summed E-state index contributed by atoms with van der Waals surface area (Å²) in [6, 6.07) is 114. The zero-order valence-corrected chi connectivity index (χ0v) is 45.8. The third kappa shape index (κ3) is 9.22. The van der Waals surface area contributed by atoms with Crippen LogP contribution in [0.3, 0.4) is 0 Å². The Labute approximate surface area is 479 Å². The Hall–Kier alpha value is -10.7. The standard InChI is InChI=1S/C78H58N4/c1-55-35-53-77(73-31-15-13-27-69(55)73)81(67-49-45-65(46-50-67)79(61-23-5-3-6-24-61)75-33-17-21-59-19-9-11-29-71(59)75)63-41-37-57(38-42-63)58-39-43-64(44-40-58)82(78-54-36-56(2)70-28-14-16-32-74(70)78)68-51-47-66(48-52-68)80(62-25-7-4-8-26-62)76-34-18-22-60-20-10-12-30-72(60)76/h3-54H,1-2H3. The molecule has 0 amide bonds. The fourth-order valence-corrected chi connectivity index (χ4v) is 12.0. The molecule has 14 aromatic rings. The summed E-state index contributed by atoms with van der Waals surface area (Å²) in [5.41, 5.74) is 17.9. The minimum Gasteiger partial charge on any atom is -0.310 e. The van der Waals surface area contributed by atoms with Gasteiger partial charge in [0.1, 0.15) is 0 Å². The lowest BCUT2D eigenvalue weighted by Gasteiger charge is -2.30. The predicted octanol–water partition coefficient (Wildman–Crippen LogP) is 22.5. The monoisotopic (exact) mass is 1050 g/mol. The first kappa shape index (κ1) is 49.6. The van der Waals surface area contributed by atoms with E-state index in [1.165, 1.54) is 54.2 Å². The molecule has 14 rings (SSSR count). The van der Waals surface area contributed by atoms with E-state index in [0.717, 1.165) is 79.4 Å². The summed E-state index contributed by atoms with van der Waals surface area (Å²) in [5, 5.41) is 9.70. The fraction of sp³-hybridized carbons (Fsp3) is 0.0256. The first-order valence-electron chi connectivity index (χ1n) is 28.2. The fourth-order valence-electron chi connectivity index (χ4n) is 12.0. The third-order valence-corrected chi connectivity index (χ3v) is 16.1. The van der Waals surface area contributed by atoms with Crippen LogP contribution in [-0.2, 0) is 0 Å². The van der Waals surface area contributed by atoms with Gasteiger partial charge in [-0.1, -0.05) is 194 Å². The molecule has 82 heavy (non-hydrogen) atoms. The molecule has 0 N–H and O–H groups in total. The molecule has 0 heterocycles. The SMILES string of the molecule is Cc1ccc(N(c2ccc(-c3ccc(N(c4ccc(N(c5ccccc5)c5cccc6ccccc56)cc4)c4ccc(C)c5ccccc45)cc3)cc2)c2ccc(N(c3ccccc3)c3cccc4ccccc34)cc2)c2ccccc12. The van der Waals surface area contributed by atoms with E-state index in [9.17, 15) is 0 Å². The number of hydrogen-bond donors (Lipinski definition) is 0. The van der Waals surface area contributed by atoms with Gasteiger partial charge in [0.05, 0.1) is 22.7 Å². The largest absolute Gasteiger partial charge is 0.310 e. The quantitative estimate of drug-likeness (QED) is 0.114. The summed E-state index contributed by atoms with van der Waals surface area (Å²) in [7, 11) is 0. The van der Waals surface area contributed by atoms with Crippen molar-refractivity contribution in [3.63, 3.8) is 0 Å². The van der Waals surface area contributed by atoms with Gasteiger partial charge in [-0.3, -0.25) is 0 Å². The molecule has 0 radical (unpaired) electrons. The van der Waals surface area contributed by atoms with Gasteiger partial charge in [-0.15, -0.1) is 0 Å². The van der Waals surface area contributed by atoms with E-state index in [1.54, 1.807) is 0 Å². The lowest BCUT2D eigenvalue weighted by Crippen LogP contribution is -2.13.